The number of carbonyl (C=O) groups excluding carboxylic acids is 1. The molecule has 2 rings (SSSR count). The van der Waals surface area contributed by atoms with E-state index in [1.807, 2.05) is 11.8 Å². The van der Waals surface area contributed by atoms with Crippen molar-refractivity contribution < 1.29 is 9.90 Å². The van der Waals surface area contributed by atoms with Crippen LogP contribution in [0.15, 0.2) is 0 Å². The van der Waals surface area contributed by atoms with Gasteiger partial charge in [-0.15, -0.1) is 0 Å². The second kappa shape index (κ2) is 7.69. The van der Waals surface area contributed by atoms with E-state index >= 15 is 0 Å². The van der Waals surface area contributed by atoms with Gasteiger partial charge in [-0.05, 0) is 43.1 Å². The molecule has 1 heterocycles. The van der Waals surface area contributed by atoms with E-state index in [0.29, 0.717) is 6.54 Å². The van der Waals surface area contributed by atoms with Gasteiger partial charge in [-0.2, -0.15) is 11.8 Å². The molecule has 1 aliphatic heterocycles. The Bertz CT molecular complexity index is 310. The largest absolute Gasteiger partial charge is 0.388 e. The Hall–Kier alpha value is -0.220. The normalized spacial score (nSPS) is 24.5. The lowest BCUT2D eigenvalue weighted by Gasteiger charge is -2.32. The molecule has 1 saturated carbocycles. The minimum absolute atomic E-state index is 0.139. The molecule has 0 aromatic carbocycles. The molecule has 0 aromatic rings. The first-order valence-electron chi connectivity index (χ1n) is 8.21. The van der Waals surface area contributed by atoms with Gasteiger partial charge in [0.2, 0.25) is 5.91 Å². The average molecular weight is 299 g/mol. The van der Waals surface area contributed by atoms with Crippen molar-refractivity contribution in [1.82, 2.24) is 5.32 Å². The van der Waals surface area contributed by atoms with E-state index in [2.05, 4.69) is 12.2 Å². The van der Waals surface area contributed by atoms with Crippen LogP contribution < -0.4 is 5.32 Å². The second-order valence-electron chi connectivity index (χ2n) is 6.55. The quantitative estimate of drug-likeness (QED) is 0.793. The fraction of sp³-hybridized carbons (Fsp3) is 0.938. The molecule has 1 atom stereocenters. The summed E-state index contributed by atoms with van der Waals surface area (Å²) in [6.45, 7) is 2.54. The molecule has 1 amide bonds. The average Bonchev–Trinajstić information content (AvgIpc) is 2.96. The monoisotopic (exact) mass is 299 g/mol. The van der Waals surface area contributed by atoms with Gasteiger partial charge in [-0.1, -0.05) is 32.6 Å². The Balaban J connectivity index is 1.76. The topological polar surface area (TPSA) is 49.3 Å². The van der Waals surface area contributed by atoms with Gasteiger partial charge in [0.05, 0.1) is 5.60 Å². The zero-order valence-corrected chi connectivity index (χ0v) is 13.5. The summed E-state index contributed by atoms with van der Waals surface area (Å²) in [7, 11) is 0. The molecule has 0 aromatic heterocycles. The molecule has 0 bridgehead atoms. The summed E-state index contributed by atoms with van der Waals surface area (Å²) < 4.78 is 0. The van der Waals surface area contributed by atoms with Crippen molar-refractivity contribution in [2.45, 2.75) is 63.9 Å². The molecular weight excluding hydrogens is 270 g/mol. The van der Waals surface area contributed by atoms with Gasteiger partial charge in [-0.25, -0.2) is 0 Å². The molecule has 116 valence electrons. The smallest absolute Gasteiger partial charge is 0.223 e. The van der Waals surface area contributed by atoms with Crippen LogP contribution in [0.1, 0.15) is 58.3 Å². The van der Waals surface area contributed by atoms with Crippen molar-refractivity contribution in [1.29, 1.82) is 0 Å². The summed E-state index contributed by atoms with van der Waals surface area (Å²) in [6, 6.07) is 0. The zero-order valence-electron chi connectivity index (χ0n) is 12.7. The fourth-order valence-electron chi connectivity index (χ4n) is 3.43. The van der Waals surface area contributed by atoms with Gasteiger partial charge in [-0.3, -0.25) is 4.79 Å². The van der Waals surface area contributed by atoms with Crippen molar-refractivity contribution in [3.63, 3.8) is 0 Å². The maximum absolute atomic E-state index is 12.3. The minimum Gasteiger partial charge on any atom is -0.388 e. The van der Waals surface area contributed by atoms with Crippen LogP contribution in [-0.2, 0) is 4.79 Å². The zero-order chi connectivity index (χ0) is 14.4. The number of hydrogen-bond donors (Lipinski definition) is 2. The van der Waals surface area contributed by atoms with Crippen LogP contribution in [0.4, 0.5) is 0 Å². The van der Waals surface area contributed by atoms with Gasteiger partial charge in [0.15, 0.2) is 0 Å². The second-order valence-corrected chi connectivity index (χ2v) is 7.77. The predicted octanol–water partition coefficient (Wildman–Crippen LogP) is 2.97. The standard InChI is InChI=1S/C16H29NO2S/c1-2-14(11-13-5-3-4-6-13)15(18)17-12-16(19)7-9-20-10-8-16/h13-14,19H,2-12H2,1H3,(H,17,18). The number of amides is 1. The fourth-order valence-corrected chi connectivity index (χ4v) is 4.68. The molecule has 20 heavy (non-hydrogen) atoms. The highest BCUT2D eigenvalue weighted by molar-refractivity contribution is 7.99. The summed E-state index contributed by atoms with van der Waals surface area (Å²) >= 11 is 1.89. The summed E-state index contributed by atoms with van der Waals surface area (Å²) in [6.07, 6.45) is 8.82. The molecule has 1 unspecified atom stereocenters. The van der Waals surface area contributed by atoms with E-state index in [1.54, 1.807) is 0 Å². The van der Waals surface area contributed by atoms with Gasteiger partial charge in [0, 0.05) is 12.5 Å². The number of aliphatic hydroxyl groups is 1. The lowest BCUT2D eigenvalue weighted by atomic mass is 9.90. The van der Waals surface area contributed by atoms with E-state index in [0.717, 1.165) is 43.1 Å². The number of thioether (sulfide) groups is 1. The summed E-state index contributed by atoms with van der Waals surface area (Å²) in [5, 5.41) is 13.5. The Kier molecular flexibility index (Phi) is 6.21. The number of nitrogens with one attached hydrogen (secondary N) is 1. The molecule has 0 spiro atoms. The van der Waals surface area contributed by atoms with Crippen LogP contribution in [0.3, 0.4) is 0 Å². The molecule has 1 saturated heterocycles. The van der Waals surface area contributed by atoms with E-state index in [9.17, 15) is 9.90 Å². The van der Waals surface area contributed by atoms with Crippen molar-refractivity contribution >= 4 is 17.7 Å². The lowest BCUT2D eigenvalue weighted by molar-refractivity contribution is -0.127. The van der Waals surface area contributed by atoms with Gasteiger partial charge >= 0.3 is 0 Å². The highest BCUT2D eigenvalue weighted by Gasteiger charge is 2.31. The van der Waals surface area contributed by atoms with Crippen LogP contribution in [0.2, 0.25) is 0 Å². The molecule has 1 aliphatic carbocycles. The van der Waals surface area contributed by atoms with E-state index in [-0.39, 0.29) is 11.8 Å². The van der Waals surface area contributed by atoms with Gasteiger partial charge in [0.25, 0.3) is 0 Å². The van der Waals surface area contributed by atoms with Crippen molar-refractivity contribution in [2.24, 2.45) is 11.8 Å². The van der Waals surface area contributed by atoms with Crippen LogP contribution in [0, 0.1) is 11.8 Å². The Morgan fingerprint density at radius 2 is 2.00 bits per heavy atom. The maximum atomic E-state index is 12.3. The molecule has 0 radical (unpaired) electrons. The predicted molar refractivity (Wildman–Crippen MR) is 84.9 cm³/mol. The molecule has 4 heteroatoms. The Morgan fingerprint density at radius 1 is 1.35 bits per heavy atom. The SMILES string of the molecule is CCC(CC1CCCC1)C(=O)NCC1(O)CCSCC1. The van der Waals surface area contributed by atoms with E-state index in [4.69, 9.17) is 0 Å². The van der Waals surface area contributed by atoms with Crippen LogP contribution in [-0.4, -0.2) is 34.7 Å². The molecular formula is C16H29NO2S. The van der Waals surface area contributed by atoms with Gasteiger partial charge in [0.1, 0.15) is 0 Å². The number of carbonyl (C=O) groups is 1. The van der Waals surface area contributed by atoms with E-state index < -0.39 is 5.60 Å². The lowest BCUT2D eigenvalue weighted by Crippen LogP contribution is -2.46. The van der Waals surface area contributed by atoms with Crippen molar-refractivity contribution in [3.05, 3.63) is 0 Å². The first kappa shape index (κ1) is 16.2. The Morgan fingerprint density at radius 3 is 2.60 bits per heavy atom. The number of rotatable bonds is 6. The van der Waals surface area contributed by atoms with Gasteiger partial charge < -0.3 is 10.4 Å². The third-order valence-electron chi connectivity index (χ3n) is 4.97. The minimum atomic E-state index is -0.660. The third kappa shape index (κ3) is 4.66. The van der Waals surface area contributed by atoms with E-state index in [1.165, 1.54) is 25.7 Å². The van der Waals surface area contributed by atoms with Crippen molar-refractivity contribution in [2.75, 3.05) is 18.1 Å². The Labute approximate surface area is 127 Å². The molecule has 2 N–H and O–H groups in total. The first-order chi connectivity index (χ1) is 9.63. The van der Waals surface area contributed by atoms with Crippen LogP contribution >= 0.6 is 11.8 Å². The first-order valence-corrected chi connectivity index (χ1v) is 9.36. The van der Waals surface area contributed by atoms with Crippen LogP contribution in [0.5, 0.6) is 0 Å². The molecule has 2 fully saturated rings. The highest BCUT2D eigenvalue weighted by atomic mass is 32.2. The maximum Gasteiger partial charge on any atom is 0.223 e. The molecule has 2 aliphatic rings. The van der Waals surface area contributed by atoms with Crippen LogP contribution in [0.25, 0.3) is 0 Å². The summed E-state index contributed by atoms with van der Waals surface area (Å²) in [4.78, 5) is 12.3. The summed E-state index contributed by atoms with van der Waals surface area (Å²) in [5.74, 6) is 3.06. The summed E-state index contributed by atoms with van der Waals surface area (Å²) in [5.41, 5.74) is -0.660. The van der Waals surface area contributed by atoms with Crippen molar-refractivity contribution in [3.8, 4) is 0 Å². The third-order valence-corrected chi connectivity index (χ3v) is 5.96. The molecule has 3 nitrogen and oxygen atoms in total. The number of hydrogen-bond acceptors (Lipinski definition) is 3. The highest BCUT2D eigenvalue weighted by Crippen LogP contribution is 2.31.